The molecule has 2 rings (SSSR count). The molecule has 3 nitrogen and oxygen atoms in total. The first-order valence-electron chi connectivity index (χ1n) is 3.92. The molecule has 0 aromatic carbocycles. The molecular weight excluding hydrogens is 168 g/mol. The van der Waals surface area contributed by atoms with Gasteiger partial charge in [0.15, 0.2) is 0 Å². The Bertz CT molecular complexity index is 396. The number of carbonyl (C=O) groups excluding carboxylic acids is 1. The Morgan fingerprint density at radius 2 is 2.15 bits per heavy atom. The van der Waals surface area contributed by atoms with Gasteiger partial charge in [-0.25, -0.2) is 4.79 Å². The van der Waals surface area contributed by atoms with Crippen LogP contribution in [0.5, 0.6) is 0 Å². The molecule has 0 aliphatic carbocycles. The fourth-order valence-electron chi connectivity index (χ4n) is 1.08. The average molecular weight is 176 g/mol. The van der Waals surface area contributed by atoms with Crippen molar-refractivity contribution >= 4 is 12.0 Å². The molecule has 0 saturated heterocycles. The van der Waals surface area contributed by atoms with E-state index in [1.807, 2.05) is 19.1 Å². The maximum absolute atomic E-state index is 10.7. The second kappa shape index (κ2) is 2.94. The molecule has 0 bridgehead atoms. The van der Waals surface area contributed by atoms with E-state index in [1.165, 1.54) is 6.08 Å². The van der Waals surface area contributed by atoms with E-state index in [-0.39, 0.29) is 5.97 Å². The molecule has 0 radical (unpaired) electrons. The predicted molar refractivity (Wildman–Crippen MR) is 46.7 cm³/mol. The number of carbonyl (C=O) groups is 1. The molecule has 1 aromatic heterocycles. The normalized spacial score (nSPS) is 18.2. The Morgan fingerprint density at radius 3 is 2.69 bits per heavy atom. The van der Waals surface area contributed by atoms with E-state index in [0.29, 0.717) is 11.5 Å². The monoisotopic (exact) mass is 176 g/mol. The van der Waals surface area contributed by atoms with E-state index >= 15 is 0 Å². The minimum atomic E-state index is -0.338. The highest BCUT2D eigenvalue weighted by atomic mass is 16.5. The van der Waals surface area contributed by atoms with Crippen LogP contribution in [0.2, 0.25) is 0 Å². The Morgan fingerprint density at radius 1 is 1.31 bits per heavy atom. The highest BCUT2D eigenvalue weighted by Crippen LogP contribution is 2.15. The first-order chi connectivity index (χ1) is 6.24. The summed E-state index contributed by atoms with van der Waals surface area (Å²) in [6.45, 7) is 1.86. The van der Waals surface area contributed by atoms with Crippen LogP contribution in [-0.4, -0.2) is 5.97 Å². The lowest BCUT2D eigenvalue weighted by atomic mass is 10.3. The average Bonchev–Trinajstić information content (AvgIpc) is 2.62. The van der Waals surface area contributed by atoms with Crippen LogP contribution in [0.15, 0.2) is 34.5 Å². The van der Waals surface area contributed by atoms with E-state index in [2.05, 4.69) is 0 Å². The molecule has 0 spiro atoms. The van der Waals surface area contributed by atoms with Crippen LogP contribution in [0.3, 0.4) is 0 Å². The van der Waals surface area contributed by atoms with Crippen molar-refractivity contribution in [2.24, 2.45) is 0 Å². The highest BCUT2D eigenvalue weighted by Gasteiger charge is 2.09. The fraction of sp³-hybridized carbons (Fsp3) is 0.100. The van der Waals surface area contributed by atoms with Crippen molar-refractivity contribution in [3.05, 3.63) is 41.6 Å². The van der Waals surface area contributed by atoms with Crippen molar-refractivity contribution in [3.63, 3.8) is 0 Å². The fourth-order valence-corrected chi connectivity index (χ4v) is 1.08. The van der Waals surface area contributed by atoms with Crippen molar-refractivity contribution < 1.29 is 13.9 Å². The molecule has 3 heteroatoms. The molecule has 1 aliphatic rings. The minimum Gasteiger partial charge on any atom is -0.462 e. The zero-order valence-electron chi connectivity index (χ0n) is 7.11. The Labute approximate surface area is 75.3 Å². The first-order valence-corrected chi connectivity index (χ1v) is 3.92. The molecular formula is C10H8O3. The molecule has 2 heterocycles. The van der Waals surface area contributed by atoms with Gasteiger partial charge in [0.05, 0.1) is 0 Å². The second-order valence-corrected chi connectivity index (χ2v) is 2.75. The lowest BCUT2D eigenvalue weighted by Crippen LogP contribution is -1.89. The van der Waals surface area contributed by atoms with Gasteiger partial charge < -0.3 is 9.15 Å². The summed E-state index contributed by atoms with van der Waals surface area (Å²) in [5.41, 5.74) is 0. The number of aryl methyl sites for hydroxylation is 1. The van der Waals surface area contributed by atoms with Crippen molar-refractivity contribution in [2.75, 3.05) is 0 Å². The lowest BCUT2D eigenvalue weighted by Gasteiger charge is -1.92. The SMILES string of the molecule is Cc1ccc(C=C2C=CC(=O)O2)o1. The summed E-state index contributed by atoms with van der Waals surface area (Å²) < 4.78 is 10.1. The van der Waals surface area contributed by atoms with Gasteiger partial charge in [0.2, 0.25) is 0 Å². The topological polar surface area (TPSA) is 39.4 Å². The van der Waals surface area contributed by atoms with Crippen LogP contribution in [0.25, 0.3) is 6.08 Å². The third-order valence-electron chi connectivity index (χ3n) is 1.65. The van der Waals surface area contributed by atoms with Crippen molar-refractivity contribution in [1.82, 2.24) is 0 Å². The van der Waals surface area contributed by atoms with E-state index in [0.717, 1.165) is 5.76 Å². The van der Waals surface area contributed by atoms with Gasteiger partial charge >= 0.3 is 5.97 Å². The molecule has 1 aromatic rings. The van der Waals surface area contributed by atoms with Crippen molar-refractivity contribution in [2.45, 2.75) is 6.92 Å². The van der Waals surface area contributed by atoms with E-state index < -0.39 is 0 Å². The lowest BCUT2D eigenvalue weighted by molar-refractivity contribution is -0.132. The predicted octanol–water partition coefficient (Wildman–Crippen LogP) is 2.04. The molecule has 0 fully saturated rings. The van der Waals surface area contributed by atoms with Crippen LogP contribution in [-0.2, 0) is 9.53 Å². The molecule has 66 valence electrons. The number of allylic oxidation sites excluding steroid dienone is 1. The Hall–Kier alpha value is -1.77. The number of hydrogen-bond donors (Lipinski definition) is 0. The van der Waals surface area contributed by atoms with Gasteiger partial charge in [-0.05, 0) is 25.1 Å². The number of hydrogen-bond acceptors (Lipinski definition) is 3. The standard InChI is InChI=1S/C10H8O3/c1-7-2-3-8(12-7)6-9-4-5-10(11)13-9/h2-6H,1H3. The van der Waals surface area contributed by atoms with Crippen molar-refractivity contribution in [3.8, 4) is 0 Å². The number of esters is 1. The maximum Gasteiger partial charge on any atom is 0.336 e. The van der Waals surface area contributed by atoms with E-state index in [1.54, 1.807) is 12.2 Å². The van der Waals surface area contributed by atoms with Gasteiger partial charge in [0.25, 0.3) is 0 Å². The molecule has 1 aliphatic heterocycles. The Balaban J connectivity index is 2.22. The van der Waals surface area contributed by atoms with Gasteiger partial charge in [0, 0.05) is 12.2 Å². The summed E-state index contributed by atoms with van der Waals surface area (Å²) in [7, 11) is 0. The number of furan rings is 1. The van der Waals surface area contributed by atoms with Gasteiger partial charge in [-0.3, -0.25) is 0 Å². The minimum absolute atomic E-state index is 0.338. The van der Waals surface area contributed by atoms with Crippen LogP contribution in [0.1, 0.15) is 11.5 Å². The summed E-state index contributed by atoms with van der Waals surface area (Å²) in [6, 6.07) is 3.68. The van der Waals surface area contributed by atoms with Crippen molar-refractivity contribution in [1.29, 1.82) is 0 Å². The molecule has 0 N–H and O–H groups in total. The molecule has 0 unspecified atom stereocenters. The highest BCUT2D eigenvalue weighted by molar-refractivity contribution is 5.87. The summed E-state index contributed by atoms with van der Waals surface area (Å²) in [6.07, 6.45) is 4.66. The Kier molecular flexibility index (Phi) is 1.77. The summed E-state index contributed by atoms with van der Waals surface area (Å²) in [5.74, 6) is 1.70. The van der Waals surface area contributed by atoms with E-state index in [4.69, 9.17) is 9.15 Å². The van der Waals surface area contributed by atoms with Crippen LogP contribution in [0, 0.1) is 6.92 Å². The van der Waals surface area contributed by atoms with Gasteiger partial charge in [-0.15, -0.1) is 0 Å². The van der Waals surface area contributed by atoms with Crippen LogP contribution in [0.4, 0.5) is 0 Å². The maximum atomic E-state index is 10.7. The molecule has 0 atom stereocenters. The summed E-state index contributed by atoms with van der Waals surface area (Å²) >= 11 is 0. The zero-order chi connectivity index (χ0) is 9.26. The third kappa shape index (κ3) is 1.69. The summed E-state index contributed by atoms with van der Waals surface area (Å²) in [4.78, 5) is 10.7. The summed E-state index contributed by atoms with van der Waals surface area (Å²) in [5, 5.41) is 0. The smallest absolute Gasteiger partial charge is 0.336 e. The second-order valence-electron chi connectivity index (χ2n) is 2.75. The largest absolute Gasteiger partial charge is 0.462 e. The zero-order valence-corrected chi connectivity index (χ0v) is 7.11. The first kappa shape index (κ1) is 7.86. The number of cyclic esters (lactones) is 1. The number of ether oxygens (including phenoxy) is 1. The van der Waals surface area contributed by atoms with Crippen LogP contribution >= 0.6 is 0 Å². The van der Waals surface area contributed by atoms with Gasteiger partial charge in [0.1, 0.15) is 17.3 Å². The van der Waals surface area contributed by atoms with Crippen LogP contribution < -0.4 is 0 Å². The van der Waals surface area contributed by atoms with E-state index in [9.17, 15) is 4.79 Å². The molecule has 13 heavy (non-hydrogen) atoms. The third-order valence-corrected chi connectivity index (χ3v) is 1.65. The van der Waals surface area contributed by atoms with Gasteiger partial charge in [-0.2, -0.15) is 0 Å². The molecule has 0 saturated carbocycles. The quantitative estimate of drug-likeness (QED) is 0.614. The van der Waals surface area contributed by atoms with Gasteiger partial charge in [-0.1, -0.05) is 0 Å². The molecule has 0 amide bonds. The number of rotatable bonds is 1.